The number of rotatable bonds is 0. The fourth-order valence-corrected chi connectivity index (χ4v) is 3.83. The Morgan fingerprint density at radius 2 is 2.08 bits per heavy atom. The number of hydrogen-bond donors (Lipinski definition) is 0. The van der Waals surface area contributed by atoms with Crippen molar-refractivity contribution in [3.63, 3.8) is 0 Å². The van der Waals surface area contributed by atoms with Gasteiger partial charge in [-0.05, 0) is 56.3 Å². The van der Waals surface area contributed by atoms with Crippen LogP contribution < -0.4 is 0 Å². The van der Waals surface area contributed by atoms with Gasteiger partial charge in [0.15, 0.2) is 0 Å². The van der Waals surface area contributed by atoms with Crippen molar-refractivity contribution >= 4 is 0 Å². The van der Waals surface area contributed by atoms with Gasteiger partial charge in [-0.2, -0.15) is 0 Å². The Bertz CT molecular complexity index is 214. The van der Waals surface area contributed by atoms with Gasteiger partial charge in [-0.3, -0.25) is 0 Å². The third kappa shape index (κ3) is 0.901. The maximum atomic E-state index is 2.59. The summed E-state index contributed by atoms with van der Waals surface area (Å²) in [6.07, 6.45) is 13.1. The Labute approximate surface area is 75.0 Å². The highest BCUT2D eigenvalue weighted by Gasteiger charge is 2.39. The van der Waals surface area contributed by atoms with E-state index in [9.17, 15) is 0 Å². The first kappa shape index (κ1) is 7.17. The lowest BCUT2D eigenvalue weighted by Crippen LogP contribution is -2.21. The van der Waals surface area contributed by atoms with Crippen LogP contribution in [0.25, 0.3) is 0 Å². The molecule has 0 bridgehead atoms. The molecule has 2 saturated carbocycles. The molecule has 3 aliphatic rings. The lowest BCUT2D eigenvalue weighted by molar-refractivity contribution is 0.281. The summed E-state index contributed by atoms with van der Waals surface area (Å²) in [5.74, 6) is 3.26. The zero-order valence-electron chi connectivity index (χ0n) is 7.76. The van der Waals surface area contributed by atoms with Crippen molar-refractivity contribution in [3.8, 4) is 0 Å². The summed E-state index contributed by atoms with van der Waals surface area (Å²) in [7, 11) is 0. The summed E-state index contributed by atoms with van der Waals surface area (Å²) in [6.45, 7) is 0. The average Bonchev–Trinajstić information content (AvgIpc) is 2.71. The van der Waals surface area contributed by atoms with Crippen LogP contribution >= 0.6 is 0 Å². The van der Waals surface area contributed by atoms with Crippen molar-refractivity contribution in [2.45, 2.75) is 44.9 Å². The quantitative estimate of drug-likeness (QED) is 0.478. The molecule has 0 aromatic rings. The summed E-state index contributed by atoms with van der Waals surface area (Å²) >= 11 is 0. The molecule has 0 spiro atoms. The van der Waals surface area contributed by atoms with E-state index in [0.717, 1.165) is 17.8 Å². The van der Waals surface area contributed by atoms with Crippen molar-refractivity contribution < 1.29 is 0 Å². The maximum Gasteiger partial charge on any atom is -0.0172 e. The molecule has 0 N–H and O–H groups in total. The predicted molar refractivity (Wildman–Crippen MR) is 50.9 cm³/mol. The van der Waals surface area contributed by atoms with Gasteiger partial charge < -0.3 is 0 Å². The van der Waals surface area contributed by atoms with Crippen LogP contribution in [-0.4, -0.2) is 0 Å². The second-order valence-electron chi connectivity index (χ2n) is 4.87. The summed E-state index contributed by atoms with van der Waals surface area (Å²) < 4.78 is 0. The zero-order chi connectivity index (χ0) is 7.97. The van der Waals surface area contributed by atoms with Crippen molar-refractivity contribution in [1.82, 2.24) is 0 Å². The molecule has 3 rings (SSSR count). The highest BCUT2D eigenvalue weighted by atomic mass is 14.4. The molecule has 0 aromatic carbocycles. The van der Waals surface area contributed by atoms with Crippen molar-refractivity contribution in [3.05, 3.63) is 11.6 Å². The molecule has 0 amide bonds. The van der Waals surface area contributed by atoms with E-state index in [4.69, 9.17) is 0 Å². The molecule has 0 heterocycles. The Kier molecular flexibility index (Phi) is 1.56. The largest absolute Gasteiger partial charge is 0.0848 e. The summed E-state index contributed by atoms with van der Waals surface area (Å²) in [5.41, 5.74) is 1.85. The van der Waals surface area contributed by atoms with Crippen LogP contribution in [0.1, 0.15) is 44.9 Å². The van der Waals surface area contributed by atoms with Crippen LogP contribution in [0.2, 0.25) is 0 Å². The second-order valence-corrected chi connectivity index (χ2v) is 4.87. The van der Waals surface area contributed by atoms with E-state index in [2.05, 4.69) is 6.08 Å². The molecular weight excluding hydrogens is 144 g/mol. The third-order valence-electron chi connectivity index (χ3n) is 4.37. The molecule has 0 radical (unpaired) electrons. The molecule has 12 heavy (non-hydrogen) atoms. The van der Waals surface area contributed by atoms with Crippen molar-refractivity contribution in [1.29, 1.82) is 0 Å². The van der Waals surface area contributed by atoms with E-state index in [-0.39, 0.29) is 0 Å². The van der Waals surface area contributed by atoms with Gasteiger partial charge in [-0.25, -0.2) is 0 Å². The normalized spacial score (nSPS) is 45.3. The SMILES string of the molecule is C1=C2CCC[C@@H]2[C@H]2CCC[C@@H]2C1. The second kappa shape index (κ2) is 2.61. The van der Waals surface area contributed by atoms with Crippen LogP contribution in [0.15, 0.2) is 11.6 Å². The molecule has 0 aliphatic heterocycles. The topological polar surface area (TPSA) is 0 Å². The highest BCUT2D eigenvalue weighted by Crippen LogP contribution is 2.50. The molecule has 2 fully saturated rings. The standard InChI is InChI=1S/C12H18/c1-3-9-7-8-10-4-2-6-12(10)11(9)5-1/h7,10-12H,1-6,8H2/t10-,11+,12+/m1/s1. The van der Waals surface area contributed by atoms with Crippen LogP contribution in [0.5, 0.6) is 0 Å². The van der Waals surface area contributed by atoms with Gasteiger partial charge in [0.2, 0.25) is 0 Å². The van der Waals surface area contributed by atoms with Crippen LogP contribution in [0.4, 0.5) is 0 Å². The summed E-state index contributed by atoms with van der Waals surface area (Å²) in [4.78, 5) is 0. The first-order chi connectivity index (χ1) is 5.95. The first-order valence-corrected chi connectivity index (χ1v) is 5.64. The molecule has 66 valence electrons. The van der Waals surface area contributed by atoms with E-state index < -0.39 is 0 Å². The Morgan fingerprint density at radius 3 is 3.08 bits per heavy atom. The number of hydrogen-bond acceptors (Lipinski definition) is 0. The smallest absolute Gasteiger partial charge is 0.0172 e. The predicted octanol–water partition coefficient (Wildman–Crippen LogP) is 3.53. The maximum absolute atomic E-state index is 2.59. The molecule has 0 heteroatoms. The van der Waals surface area contributed by atoms with Gasteiger partial charge in [-0.1, -0.05) is 18.1 Å². The monoisotopic (exact) mass is 162 g/mol. The molecule has 3 atom stereocenters. The molecular formula is C12H18. The first-order valence-electron chi connectivity index (χ1n) is 5.64. The Morgan fingerprint density at radius 1 is 1.08 bits per heavy atom. The Balaban J connectivity index is 1.90. The molecule has 3 aliphatic carbocycles. The van der Waals surface area contributed by atoms with Gasteiger partial charge in [0.1, 0.15) is 0 Å². The van der Waals surface area contributed by atoms with E-state index in [0.29, 0.717) is 0 Å². The van der Waals surface area contributed by atoms with E-state index >= 15 is 0 Å². The molecule has 0 unspecified atom stereocenters. The average molecular weight is 162 g/mol. The van der Waals surface area contributed by atoms with Crippen LogP contribution in [0.3, 0.4) is 0 Å². The number of allylic oxidation sites excluding steroid dienone is 2. The van der Waals surface area contributed by atoms with Gasteiger partial charge in [0.05, 0.1) is 0 Å². The molecule has 0 nitrogen and oxygen atoms in total. The van der Waals surface area contributed by atoms with Gasteiger partial charge >= 0.3 is 0 Å². The minimum absolute atomic E-state index is 1.05. The minimum Gasteiger partial charge on any atom is -0.0848 e. The van der Waals surface area contributed by atoms with Crippen LogP contribution in [0, 0.1) is 17.8 Å². The number of fused-ring (bicyclic) bond motifs is 3. The highest BCUT2D eigenvalue weighted by molar-refractivity contribution is 5.18. The lowest BCUT2D eigenvalue weighted by atomic mass is 9.75. The molecule has 0 saturated heterocycles. The lowest BCUT2D eigenvalue weighted by Gasteiger charge is -2.30. The summed E-state index contributed by atoms with van der Waals surface area (Å²) in [6, 6.07) is 0. The minimum atomic E-state index is 1.05. The Hall–Kier alpha value is -0.260. The van der Waals surface area contributed by atoms with Gasteiger partial charge in [0.25, 0.3) is 0 Å². The fraction of sp³-hybridized carbons (Fsp3) is 0.833. The van der Waals surface area contributed by atoms with Crippen molar-refractivity contribution in [2.24, 2.45) is 17.8 Å². The van der Waals surface area contributed by atoms with Crippen LogP contribution in [-0.2, 0) is 0 Å². The van der Waals surface area contributed by atoms with Gasteiger partial charge in [-0.15, -0.1) is 0 Å². The zero-order valence-corrected chi connectivity index (χ0v) is 7.76. The van der Waals surface area contributed by atoms with E-state index in [1.165, 1.54) is 38.5 Å². The van der Waals surface area contributed by atoms with Gasteiger partial charge in [0, 0.05) is 0 Å². The third-order valence-corrected chi connectivity index (χ3v) is 4.37. The fourth-order valence-electron chi connectivity index (χ4n) is 3.83. The van der Waals surface area contributed by atoms with E-state index in [1.807, 2.05) is 5.57 Å². The van der Waals surface area contributed by atoms with Crippen molar-refractivity contribution in [2.75, 3.05) is 0 Å². The van der Waals surface area contributed by atoms with E-state index in [1.54, 1.807) is 6.42 Å². The summed E-state index contributed by atoms with van der Waals surface area (Å²) in [5, 5.41) is 0. The molecule has 0 aromatic heterocycles.